The van der Waals surface area contributed by atoms with Gasteiger partial charge in [0, 0.05) is 6.04 Å². The number of carbonyl (C=O) groups excluding carboxylic acids is 1. The zero-order valence-corrected chi connectivity index (χ0v) is 9.49. The summed E-state index contributed by atoms with van der Waals surface area (Å²) in [5.41, 5.74) is 5.58. The second-order valence-electron chi connectivity index (χ2n) is 3.21. The Kier molecular flexibility index (Phi) is 7.09. The maximum Gasteiger partial charge on any atom is 0.237 e. The Labute approximate surface area is 84.8 Å². The average molecular weight is 204 g/mol. The number of carbonyl (C=O) groups is 1. The van der Waals surface area contributed by atoms with Gasteiger partial charge in [-0.15, -0.1) is 0 Å². The van der Waals surface area contributed by atoms with Gasteiger partial charge in [-0.25, -0.2) is 0 Å². The summed E-state index contributed by atoms with van der Waals surface area (Å²) >= 11 is 1.79. The Hall–Kier alpha value is -0.220. The van der Waals surface area contributed by atoms with Crippen molar-refractivity contribution in [2.75, 3.05) is 12.0 Å². The molecule has 0 aliphatic carbocycles. The fourth-order valence-electron chi connectivity index (χ4n) is 0.902. The molecule has 0 saturated carbocycles. The van der Waals surface area contributed by atoms with Crippen LogP contribution in [0.25, 0.3) is 0 Å². The van der Waals surface area contributed by atoms with Crippen LogP contribution in [0.15, 0.2) is 0 Å². The van der Waals surface area contributed by atoms with Crippen molar-refractivity contribution in [1.82, 2.24) is 5.32 Å². The maximum absolute atomic E-state index is 11.3. The highest BCUT2D eigenvalue weighted by Gasteiger charge is 2.12. The lowest BCUT2D eigenvalue weighted by Gasteiger charge is -2.15. The Balaban J connectivity index is 3.64. The van der Waals surface area contributed by atoms with E-state index in [1.54, 1.807) is 11.8 Å². The highest BCUT2D eigenvalue weighted by Crippen LogP contribution is 2.00. The summed E-state index contributed by atoms with van der Waals surface area (Å²) in [6.07, 6.45) is 3.76. The van der Waals surface area contributed by atoms with Crippen LogP contribution >= 0.6 is 11.8 Å². The van der Waals surface area contributed by atoms with E-state index < -0.39 is 0 Å². The normalized spacial score (nSPS) is 15.1. The van der Waals surface area contributed by atoms with Gasteiger partial charge in [0.05, 0.1) is 6.04 Å². The fourth-order valence-corrected chi connectivity index (χ4v) is 1.49. The van der Waals surface area contributed by atoms with E-state index in [4.69, 9.17) is 5.73 Å². The molecule has 0 radical (unpaired) electrons. The highest BCUT2D eigenvalue weighted by molar-refractivity contribution is 7.98. The van der Waals surface area contributed by atoms with E-state index in [1.807, 2.05) is 13.8 Å². The van der Waals surface area contributed by atoms with Crippen molar-refractivity contribution in [3.05, 3.63) is 0 Å². The molecule has 0 saturated heterocycles. The van der Waals surface area contributed by atoms with E-state index in [-0.39, 0.29) is 18.0 Å². The van der Waals surface area contributed by atoms with E-state index in [0.717, 1.165) is 12.2 Å². The third kappa shape index (κ3) is 5.93. The van der Waals surface area contributed by atoms with Gasteiger partial charge >= 0.3 is 0 Å². The molecule has 0 fully saturated rings. The first-order valence-electron chi connectivity index (χ1n) is 4.66. The molecule has 1 amide bonds. The summed E-state index contributed by atoms with van der Waals surface area (Å²) < 4.78 is 0. The number of amides is 1. The maximum atomic E-state index is 11.3. The molecule has 1 unspecified atom stereocenters. The second-order valence-corrected chi connectivity index (χ2v) is 4.19. The largest absolute Gasteiger partial charge is 0.352 e. The molecule has 0 aliphatic rings. The van der Waals surface area contributed by atoms with Crippen LogP contribution in [0, 0.1) is 0 Å². The van der Waals surface area contributed by atoms with Crippen LogP contribution in [0.5, 0.6) is 0 Å². The molecule has 0 aromatic heterocycles. The Morgan fingerprint density at radius 2 is 2.23 bits per heavy atom. The molecular formula is C9H20N2OS. The van der Waals surface area contributed by atoms with Crippen molar-refractivity contribution in [3.8, 4) is 0 Å². The van der Waals surface area contributed by atoms with Gasteiger partial charge in [0.2, 0.25) is 5.91 Å². The van der Waals surface area contributed by atoms with E-state index >= 15 is 0 Å². The summed E-state index contributed by atoms with van der Waals surface area (Å²) in [5, 5.41) is 2.89. The lowest BCUT2D eigenvalue weighted by atomic mass is 10.2. The Bertz CT molecular complexity index is 153. The minimum Gasteiger partial charge on any atom is -0.352 e. The molecule has 2 atom stereocenters. The topological polar surface area (TPSA) is 55.1 Å². The third-order valence-electron chi connectivity index (χ3n) is 1.92. The van der Waals surface area contributed by atoms with Gasteiger partial charge < -0.3 is 11.1 Å². The van der Waals surface area contributed by atoms with Gasteiger partial charge in [-0.1, -0.05) is 6.92 Å². The van der Waals surface area contributed by atoms with Crippen LogP contribution in [-0.4, -0.2) is 30.0 Å². The smallest absolute Gasteiger partial charge is 0.237 e. The van der Waals surface area contributed by atoms with Gasteiger partial charge in [0.15, 0.2) is 0 Å². The van der Waals surface area contributed by atoms with E-state index in [0.29, 0.717) is 6.42 Å². The van der Waals surface area contributed by atoms with Gasteiger partial charge in [0.1, 0.15) is 0 Å². The lowest BCUT2D eigenvalue weighted by molar-refractivity contribution is -0.123. The molecule has 78 valence electrons. The summed E-state index contributed by atoms with van der Waals surface area (Å²) in [5.74, 6) is 1.04. The zero-order valence-electron chi connectivity index (χ0n) is 8.67. The molecule has 0 spiro atoms. The molecule has 0 rings (SSSR count). The zero-order chi connectivity index (χ0) is 10.3. The minimum absolute atomic E-state index is 0.0314. The lowest BCUT2D eigenvalue weighted by Crippen LogP contribution is -2.44. The predicted octanol–water partition coefficient (Wildman–Crippen LogP) is 0.981. The van der Waals surface area contributed by atoms with Gasteiger partial charge in [-0.05, 0) is 31.8 Å². The van der Waals surface area contributed by atoms with Crippen molar-refractivity contribution < 1.29 is 4.79 Å². The van der Waals surface area contributed by atoms with Crippen molar-refractivity contribution in [2.45, 2.75) is 38.8 Å². The van der Waals surface area contributed by atoms with E-state index in [2.05, 4.69) is 11.6 Å². The van der Waals surface area contributed by atoms with Gasteiger partial charge in [-0.2, -0.15) is 11.8 Å². The highest BCUT2D eigenvalue weighted by atomic mass is 32.2. The quantitative estimate of drug-likeness (QED) is 0.678. The third-order valence-corrected chi connectivity index (χ3v) is 2.56. The van der Waals surface area contributed by atoms with E-state index in [9.17, 15) is 4.79 Å². The van der Waals surface area contributed by atoms with Crippen LogP contribution in [0.2, 0.25) is 0 Å². The molecule has 3 N–H and O–H groups in total. The number of rotatable bonds is 6. The SMILES string of the molecule is CC[C@H](N)C(=O)NC(C)CCSC. The molecule has 0 aromatic rings. The van der Waals surface area contributed by atoms with Crippen LogP contribution in [-0.2, 0) is 4.79 Å². The fraction of sp³-hybridized carbons (Fsp3) is 0.889. The Morgan fingerprint density at radius 1 is 1.62 bits per heavy atom. The average Bonchev–Trinajstić information content (AvgIpc) is 2.13. The number of hydrogen-bond acceptors (Lipinski definition) is 3. The van der Waals surface area contributed by atoms with E-state index in [1.165, 1.54) is 0 Å². The van der Waals surface area contributed by atoms with Crippen molar-refractivity contribution in [1.29, 1.82) is 0 Å². The number of hydrogen-bond donors (Lipinski definition) is 2. The first-order chi connectivity index (χ1) is 6.11. The number of nitrogens with two attached hydrogens (primary N) is 1. The summed E-state index contributed by atoms with van der Waals surface area (Å²) in [6, 6.07) is -0.116. The molecule has 0 heterocycles. The van der Waals surface area contributed by atoms with Gasteiger partial charge in [-0.3, -0.25) is 4.79 Å². The minimum atomic E-state index is -0.350. The monoisotopic (exact) mass is 204 g/mol. The molecular weight excluding hydrogens is 184 g/mol. The molecule has 0 bridgehead atoms. The Morgan fingerprint density at radius 3 is 2.69 bits per heavy atom. The summed E-state index contributed by atoms with van der Waals surface area (Å²) in [6.45, 7) is 3.92. The van der Waals surface area contributed by atoms with Crippen molar-refractivity contribution in [2.24, 2.45) is 5.73 Å². The first-order valence-corrected chi connectivity index (χ1v) is 6.06. The summed E-state index contributed by atoms with van der Waals surface area (Å²) in [4.78, 5) is 11.3. The van der Waals surface area contributed by atoms with Crippen LogP contribution in [0.1, 0.15) is 26.7 Å². The van der Waals surface area contributed by atoms with Crippen molar-refractivity contribution in [3.63, 3.8) is 0 Å². The van der Waals surface area contributed by atoms with Crippen LogP contribution in [0.3, 0.4) is 0 Å². The van der Waals surface area contributed by atoms with Crippen molar-refractivity contribution >= 4 is 17.7 Å². The van der Waals surface area contributed by atoms with Gasteiger partial charge in [0.25, 0.3) is 0 Å². The number of thioether (sulfide) groups is 1. The van der Waals surface area contributed by atoms with Crippen LogP contribution < -0.4 is 11.1 Å². The predicted molar refractivity (Wildman–Crippen MR) is 58.9 cm³/mol. The molecule has 4 heteroatoms. The molecule has 3 nitrogen and oxygen atoms in total. The number of nitrogens with one attached hydrogen (secondary N) is 1. The summed E-state index contributed by atoms with van der Waals surface area (Å²) in [7, 11) is 0. The first kappa shape index (κ1) is 12.8. The van der Waals surface area contributed by atoms with Crippen LogP contribution in [0.4, 0.5) is 0 Å². The molecule has 0 aromatic carbocycles. The second kappa shape index (κ2) is 7.21. The molecule has 13 heavy (non-hydrogen) atoms. The molecule has 0 aliphatic heterocycles. The standard InChI is InChI=1S/C9H20N2OS/c1-4-8(10)9(12)11-7(2)5-6-13-3/h7-8H,4-6,10H2,1-3H3,(H,11,12)/t7?,8-/m0/s1.